The first-order valence-electron chi connectivity index (χ1n) is 9.44. The minimum atomic E-state index is -0.154. The van der Waals surface area contributed by atoms with Crippen molar-refractivity contribution < 1.29 is 19.0 Å². The Labute approximate surface area is 177 Å². The largest absolute Gasteiger partial charge is 0.493 e. The molecule has 1 aliphatic rings. The van der Waals surface area contributed by atoms with Crippen LogP contribution in [0.5, 0.6) is 17.2 Å². The Bertz CT molecular complexity index is 1050. The molecule has 2 aromatic carbocycles. The van der Waals surface area contributed by atoms with Crippen LogP contribution in [0, 0.1) is 0 Å². The van der Waals surface area contributed by atoms with E-state index in [4.69, 9.17) is 14.2 Å². The highest BCUT2D eigenvalue weighted by molar-refractivity contribution is 9.10. The molecule has 2 N–H and O–H groups in total. The van der Waals surface area contributed by atoms with Crippen LogP contribution in [-0.4, -0.2) is 38.3 Å². The highest BCUT2D eigenvalue weighted by Gasteiger charge is 2.25. The van der Waals surface area contributed by atoms with Crippen LogP contribution in [0.2, 0.25) is 0 Å². The molecule has 152 valence electrons. The van der Waals surface area contributed by atoms with Gasteiger partial charge in [0.1, 0.15) is 0 Å². The second-order valence-electron chi connectivity index (χ2n) is 7.10. The Morgan fingerprint density at radius 2 is 1.83 bits per heavy atom. The molecule has 0 bridgehead atoms. The number of H-pyrrole nitrogens is 1. The molecule has 0 unspecified atom stereocenters. The lowest BCUT2D eigenvalue weighted by molar-refractivity contribution is 0.0933. The van der Waals surface area contributed by atoms with Gasteiger partial charge in [-0.15, -0.1) is 0 Å². The summed E-state index contributed by atoms with van der Waals surface area (Å²) in [5.41, 5.74) is 4.15. The predicted molar refractivity (Wildman–Crippen MR) is 115 cm³/mol. The Kier molecular flexibility index (Phi) is 5.41. The number of hydrogen-bond donors (Lipinski definition) is 2. The first-order valence-corrected chi connectivity index (χ1v) is 10.2. The zero-order valence-corrected chi connectivity index (χ0v) is 18.2. The molecule has 0 radical (unpaired) electrons. The van der Waals surface area contributed by atoms with Crippen LogP contribution in [0.4, 0.5) is 0 Å². The summed E-state index contributed by atoms with van der Waals surface area (Å²) in [4.78, 5) is 16.4. The molecule has 0 saturated carbocycles. The third kappa shape index (κ3) is 3.67. The molecule has 1 atom stereocenters. The first kappa shape index (κ1) is 19.6. The van der Waals surface area contributed by atoms with Gasteiger partial charge in [0.2, 0.25) is 5.75 Å². The predicted octanol–water partition coefficient (Wildman–Crippen LogP) is 4.24. The van der Waals surface area contributed by atoms with Crippen LogP contribution < -0.4 is 19.5 Å². The molecule has 3 aromatic rings. The van der Waals surface area contributed by atoms with Crippen molar-refractivity contribution in [3.8, 4) is 17.2 Å². The lowest BCUT2D eigenvalue weighted by Crippen LogP contribution is -2.38. The molecular weight excluding hydrogens is 436 g/mol. The van der Waals surface area contributed by atoms with Gasteiger partial charge in [-0.05, 0) is 55.2 Å². The minimum absolute atomic E-state index is 0.0621. The van der Waals surface area contributed by atoms with Gasteiger partial charge in [0.25, 0.3) is 5.91 Å². The third-order valence-corrected chi connectivity index (χ3v) is 5.91. The van der Waals surface area contributed by atoms with E-state index in [2.05, 4.69) is 38.4 Å². The maximum absolute atomic E-state index is 12.9. The lowest BCUT2D eigenvalue weighted by atomic mass is 9.91. The van der Waals surface area contributed by atoms with Crippen LogP contribution >= 0.6 is 15.9 Å². The van der Waals surface area contributed by atoms with E-state index in [-0.39, 0.29) is 11.9 Å². The van der Waals surface area contributed by atoms with Crippen molar-refractivity contribution in [1.82, 2.24) is 10.3 Å². The number of aromatic amines is 1. The number of hydrogen-bond acceptors (Lipinski definition) is 4. The summed E-state index contributed by atoms with van der Waals surface area (Å²) in [5.74, 6) is 1.24. The Balaban J connectivity index is 1.57. The molecule has 7 heteroatoms. The fourth-order valence-electron chi connectivity index (χ4n) is 3.99. The first-order chi connectivity index (χ1) is 14.0. The minimum Gasteiger partial charge on any atom is -0.493 e. The van der Waals surface area contributed by atoms with E-state index in [9.17, 15) is 4.79 Å². The number of aryl methyl sites for hydroxylation is 1. The van der Waals surface area contributed by atoms with Gasteiger partial charge in [0.05, 0.1) is 21.3 Å². The maximum atomic E-state index is 12.9. The number of rotatable bonds is 5. The van der Waals surface area contributed by atoms with Crippen molar-refractivity contribution in [2.45, 2.75) is 25.3 Å². The highest BCUT2D eigenvalue weighted by atomic mass is 79.9. The summed E-state index contributed by atoms with van der Waals surface area (Å²) in [5, 5.41) is 4.38. The van der Waals surface area contributed by atoms with E-state index in [0.717, 1.165) is 29.3 Å². The Morgan fingerprint density at radius 1 is 1.10 bits per heavy atom. The lowest BCUT2D eigenvalue weighted by Gasteiger charge is -2.24. The summed E-state index contributed by atoms with van der Waals surface area (Å²) < 4.78 is 17.1. The molecule has 0 spiro atoms. The quantitative estimate of drug-likeness (QED) is 0.599. The number of methoxy groups -OCH3 is 3. The smallest absolute Gasteiger partial charge is 0.251 e. The second-order valence-corrected chi connectivity index (χ2v) is 8.01. The number of fused-ring (bicyclic) bond motifs is 3. The molecule has 1 aliphatic carbocycles. The van der Waals surface area contributed by atoms with Gasteiger partial charge in [-0.25, -0.2) is 0 Å². The Morgan fingerprint density at radius 3 is 2.48 bits per heavy atom. The van der Waals surface area contributed by atoms with Gasteiger partial charge in [-0.2, -0.15) is 0 Å². The topological polar surface area (TPSA) is 72.6 Å². The molecule has 1 aromatic heterocycles. The van der Waals surface area contributed by atoms with E-state index in [1.165, 1.54) is 30.9 Å². The second kappa shape index (κ2) is 7.99. The van der Waals surface area contributed by atoms with Gasteiger partial charge in [0.15, 0.2) is 11.5 Å². The summed E-state index contributed by atoms with van der Waals surface area (Å²) in [6, 6.07) is 9.66. The molecule has 6 nitrogen and oxygen atoms in total. The van der Waals surface area contributed by atoms with Crippen molar-refractivity contribution in [3.05, 3.63) is 51.6 Å². The molecule has 0 fully saturated rings. The van der Waals surface area contributed by atoms with E-state index < -0.39 is 0 Å². The number of nitrogens with one attached hydrogen (secondary N) is 2. The summed E-state index contributed by atoms with van der Waals surface area (Å²) >= 11 is 3.55. The van der Waals surface area contributed by atoms with E-state index in [1.54, 1.807) is 19.2 Å². The molecule has 29 heavy (non-hydrogen) atoms. The van der Waals surface area contributed by atoms with Gasteiger partial charge in [-0.3, -0.25) is 4.79 Å². The number of carbonyl (C=O) groups is 1. The monoisotopic (exact) mass is 458 g/mol. The van der Waals surface area contributed by atoms with E-state index in [1.807, 2.05) is 6.07 Å². The van der Waals surface area contributed by atoms with E-state index >= 15 is 0 Å². The van der Waals surface area contributed by atoms with Crippen LogP contribution in [0.3, 0.4) is 0 Å². The SMILES string of the molecule is COc1cc(C(=O)N[C@H]2CCc3[nH]c4ccc(Br)cc4c3C2)cc(OC)c1OC. The Hall–Kier alpha value is -2.67. The van der Waals surface area contributed by atoms with Gasteiger partial charge in [-0.1, -0.05) is 15.9 Å². The zero-order chi connectivity index (χ0) is 20.5. The third-order valence-electron chi connectivity index (χ3n) is 5.41. The number of halogens is 1. The van der Waals surface area contributed by atoms with Crippen LogP contribution in [0.25, 0.3) is 10.9 Å². The highest BCUT2D eigenvalue weighted by Crippen LogP contribution is 2.38. The average Bonchev–Trinajstić information content (AvgIpc) is 3.09. The maximum Gasteiger partial charge on any atom is 0.251 e. The molecular formula is C22H23BrN2O4. The van der Waals surface area contributed by atoms with Crippen LogP contribution in [0.15, 0.2) is 34.8 Å². The van der Waals surface area contributed by atoms with Crippen molar-refractivity contribution in [3.63, 3.8) is 0 Å². The van der Waals surface area contributed by atoms with Gasteiger partial charge in [0, 0.05) is 32.7 Å². The molecule has 1 amide bonds. The van der Waals surface area contributed by atoms with Crippen molar-refractivity contribution in [1.29, 1.82) is 0 Å². The number of ether oxygens (including phenoxy) is 3. The number of carbonyl (C=O) groups excluding carboxylic acids is 1. The van der Waals surface area contributed by atoms with Crippen molar-refractivity contribution in [2.24, 2.45) is 0 Å². The zero-order valence-electron chi connectivity index (χ0n) is 16.6. The fraction of sp³-hybridized carbons (Fsp3) is 0.318. The molecule has 0 aliphatic heterocycles. The number of amides is 1. The summed E-state index contributed by atoms with van der Waals surface area (Å²) in [6.45, 7) is 0. The normalized spacial score (nSPS) is 15.7. The number of aromatic nitrogens is 1. The van der Waals surface area contributed by atoms with Gasteiger partial charge < -0.3 is 24.5 Å². The molecule has 0 saturated heterocycles. The van der Waals surface area contributed by atoms with Gasteiger partial charge >= 0.3 is 0 Å². The standard InChI is InChI=1S/C22H23BrN2O4/c1-27-19-8-12(9-20(28-2)21(19)29-3)22(26)24-14-5-7-18-16(11-14)15-10-13(23)4-6-17(15)25-18/h4,6,8-10,14,25H,5,7,11H2,1-3H3,(H,24,26)/t14-/m0/s1. The number of benzene rings is 2. The molecule has 1 heterocycles. The van der Waals surface area contributed by atoms with Crippen LogP contribution in [0.1, 0.15) is 28.0 Å². The average molecular weight is 459 g/mol. The summed E-state index contributed by atoms with van der Waals surface area (Å²) in [6.07, 6.45) is 2.58. The molecule has 4 rings (SSSR count). The van der Waals surface area contributed by atoms with Crippen LogP contribution in [-0.2, 0) is 12.8 Å². The fourth-order valence-corrected chi connectivity index (χ4v) is 4.35. The summed E-state index contributed by atoms with van der Waals surface area (Å²) in [7, 11) is 4.62. The van der Waals surface area contributed by atoms with Crippen molar-refractivity contribution in [2.75, 3.05) is 21.3 Å². The van der Waals surface area contributed by atoms with Crippen molar-refractivity contribution >= 4 is 32.7 Å². The van der Waals surface area contributed by atoms with E-state index in [0.29, 0.717) is 22.8 Å².